The second-order valence-electron chi connectivity index (χ2n) is 4.89. The van der Waals surface area contributed by atoms with Gasteiger partial charge in [0.15, 0.2) is 0 Å². The zero-order valence-electron chi connectivity index (χ0n) is 10.3. The van der Waals surface area contributed by atoms with Crippen molar-refractivity contribution in [2.24, 2.45) is 0 Å². The first-order valence-corrected chi connectivity index (χ1v) is 6.79. The Balaban J connectivity index is 2.24. The van der Waals surface area contributed by atoms with Crippen LogP contribution in [0.2, 0.25) is 0 Å². The van der Waals surface area contributed by atoms with Crippen LogP contribution in [0, 0.1) is 0 Å². The average Bonchev–Trinajstić information content (AvgIpc) is 2.39. The molecule has 1 atom stereocenters. The summed E-state index contributed by atoms with van der Waals surface area (Å²) in [6, 6.07) is 5.97. The highest BCUT2D eigenvalue weighted by molar-refractivity contribution is 9.10. The lowest BCUT2D eigenvalue weighted by atomic mass is 9.96. The van der Waals surface area contributed by atoms with Crippen LogP contribution >= 0.6 is 15.9 Å². The number of halogens is 1. The van der Waals surface area contributed by atoms with Gasteiger partial charge in [-0.05, 0) is 25.1 Å². The van der Waals surface area contributed by atoms with Gasteiger partial charge in [0.25, 0.3) is 0 Å². The zero-order valence-corrected chi connectivity index (χ0v) is 11.9. The zero-order chi connectivity index (χ0) is 13.2. The molecule has 0 fully saturated rings. The van der Waals surface area contributed by atoms with E-state index in [9.17, 15) is 10.2 Å². The monoisotopic (exact) mass is 315 g/mol. The normalized spacial score (nSPS) is 19.2. The van der Waals surface area contributed by atoms with Crippen molar-refractivity contribution in [2.75, 3.05) is 19.8 Å². The third-order valence-corrected chi connectivity index (χ3v) is 3.73. The number of aliphatic hydroxyl groups excluding tert-OH is 2. The number of hydrogen-bond acceptors (Lipinski definition) is 4. The van der Waals surface area contributed by atoms with Crippen molar-refractivity contribution in [3.8, 4) is 5.75 Å². The van der Waals surface area contributed by atoms with Crippen LogP contribution in [0.25, 0.3) is 0 Å². The Morgan fingerprint density at radius 3 is 2.83 bits per heavy atom. The molecule has 18 heavy (non-hydrogen) atoms. The molecule has 1 aromatic carbocycles. The molecule has 1 aliphatic rings. The topological polar surface area (TPSA) is 61.7 Å². The summed E-state index contributed by atoms with van der Waals surface area (Å²) in [5.41, 5.74) is 0.380. The van der Waals surface area contributed by atoms with Gasteiger partial charge in [0.1, 0.15) is 5.75 Å². The lowest BCUT2D eigenvalue weighted by molar-refractivity contribution is 0.0866. The van der Waals surface area contributed by atoms with E-state index in [0.29, 0.717) is 6.61 Å². The maximum absolute atomic E-state index is 9.36. The Labute approximate surface area is 115 Å². The molecule has 4 nitrogen and oxygen atoms in total. The van der Waals surface area contributed by atoms with Crippen molar-refractivity contribution >= 4 is 15.9 Å². The SMILES string of the molecule is CC(CO)(CO)NC1CCOc2ccc(Br)cc21. The van der Waals surface area contributed by atoms with E-state index in [1.165, 1.54) is 0 Å². The summed E-state index contributed by atoms with van der Waals surface area (Å²) in [5, 5.41) is 22.0. The van der Waals surface area contributed by atoms with Crippen molar-refractivity contribution in [2.45, 2.75) is 24.9 Å². The highest BCUT2D eigenvalue weighted by Gasteiger charge is 2.30. The number of ether oxygens (including phenoxy) is 1. The maximum atomic E-state index is 9.36. The van der Waals surface area contributed by atoms with Crippen LogP contribution in [0.3, 0.4) is 0 Å². The van der Waals surface area contributed by atoms with Gasteiger partial charge in [-0.1, -0.05) is 15.9 Å². The third-order valence-electron chi connectivity index (χ3n) is 3.23. The van der Waals surface area contributed by atoms with Crippen LogP contribution in [0.1, 0.15) is 24.9 Å². The smallest absolute Gasteiger partial charge is 0.124 e. The molecule has 0 spiro atoms. The number of aliphatic hydroxyl groups is 2. The molecule has 0 radical (unpaired) electrons. The lowest BCUT2D eigenvalue weighted by Crippen LogP contribution is -2.51. The fourth-order valence-electron chi connectivity index (χ4n) is 2.08. The molecule has 1 heterocycles. The minimum Gasteiger partial charge on any atom is -0.493 e. The molecule has 3 N–H and O–H groups in total. The Hall–Kier alpha value is -0.620. The highest BCUT2D eigenvalue weighted by Crippen LogP contribution is 2.35. The van der Waals surface area contributed by atoms with Gasteiger partial charge in [-0.25, -0.2) is 0 Å². The van der Waals surface area contributed by atoms with Gasteiger partial charge in [0.2, 0.25) is 0 Å². The molecule has 0 aromatic heterocycles. The van der Waals surface area contributed by atoms with Crippen LogP contribution in [0.4, 0.5) is 0 Å². The molecular weight excluding hydrogens is 298 g/mol. The summed E-state index contributed by atoms with van der Waals surface area (Å²) in [4.78, 5) is 0. The molecule has 1 unspecified atom stereocenters. The first-order valence-electron chi connectivity index (χ1n) is 5.99. The van der Waals surface area contributed by atoms with Gasteiger partial charge in [0, 0.05) is 22.5 Å². The van der Waals surface area contributed by atoms with E-state index in [1.54, 1.807) is 6.92 Å². The van der Waals surface area contributed by atoms with E-state index in [2.05, 4.69) is 21.2 Å². The van der Waals surface area contributed by atoms with Gasteiger partial charge in [-0.3, -0.25) is 0 Å². The Morgan fingerprint density at radius 2 is 2.17 bits per heavy atom. The van der Waals surface area contributed by atoms with E-state index in [1.807, 2.05) is 18.2 Å². The van der Waals surface area contributed by atoms with Crippen molar-refractivity contribution < 1.29 is 14.9 Å². The Bertz CT molecular complexity index is 421. The highest BCUT2D eigenvalue weighted by atomic mass is 79.9. The molecule has 0 aliphatic carbocycles. The average molecular weight is 316 g/mol. The minimum absolute atomic E-state index is 0.0792. The summed E-state index contributed by atoms with van der Waals surface area (Å²) < 4.78 is 6.60. The fraction of sp³-hybridized carbons (Fsp3) is 0.538. The molecular formula is C13H18BrNO3. The quantitative estimate of drug-likeness (QED) is 0.790. The summed E-state index contributed by atoms with van der Waals surface area (Å²) in [5.74, 6) is 0.861. The van der Waals surface area contributed by atoms with Crippen molar-refractivity contribution in [1.29, 1.82) is 0 Å². The summed E-state index contributed by atoms with van der Waals surface area (Å²) in [6.07, 6.45) is 0.818. The molecule has 1 aliphatic heterocycles. The van der Waals surface area contributed by atoms with Gasteiger partial charge in [-0.15, -0.1) is 0 Å². The first kappa shape index (κ1) is 13.8. The summed E-state index contributed by atoms with van der Waals surface area (Å²) in [6.45, 7) is 2.23. The number of rotatable bonds is 4. The fourth-order valence-corrected chi connectivity index (χ4v) is 2.46. The Kier molecular flexibility index (Phi) is 4.27. The maximum Gasteiger partial charge on any atom is 0.124 e. The molecule has 5 heteroatoms. The predicted molar refractivity (Wildman–Crippen MR) is 72.7 cm³/mol. The molecule has 0 saturated carbocycles. The lowest BCUT2D eigenvalue weighted by Gasteiger charge is -2.35. The number of nitrogens with one attached hydrogen (secondary N) is 1. The van der Waals surface area contributed by atoms with E-state index in [0.717, 1.165) is 22.2 Å². The largest absolute Gasteiger partial charge is 0.493 e. The van der Waals surface area contributed by atoms with Gasteiger partial charge < -0.3 is 20.3 Å². The van der Waals surface area contributed by atoms with Crippen molar-refractivity contribution in [1.82, 2.24) is 5.32 Å². The molecule has 1 aromatic rings. The van der Waals surface area contributed by atoms with Crippen LogP contribution in [0.5, 0.6) is 5.75 Å². The van der Waals surface area contributed by atoms with Crippen molar-refractivity contribution in [3.63, 3.8) is 0 Å². The standard InChI is InChI=1S/C13H18BrNO3/c1-13(7-16,8-17)15-11-4-5-18-12-3-2-9(14)6-10(11)12/h2-3,6,11,15-17H,4-5,7-8H2,1H3. The number of fused-ring (bicyclic) bond motifs is 1. The summed E-state index contributed by atoms with van der Waals surface area (Å²) >= 11 is 3.45. The molecule has 100 valence electrons. The Morgan fingerprint density at radius 1 is 1.44 bits per heavy atom. The predicted octanol–water partition coefficient (Wildman–Crippen LogP) is 1.61. The molecule has 2 rings (SSSR count). The van der Waals surface area contributed by atoms with E-state index in [-0.39, 0.29) is 19.3 Å². The third kappa shape index (κ3) is 2.85. The van der Waals surface area contributed by atoms with E-state index >= 15 is 0 Å². The second kappa shape index (κ2) is 5.57. The van der Waals surface area contributed by atoms with Crippen molar-refractivity contribution in [3.05, 3.63) is 28.2 Å². The molecule has 0 saturated heterocycles. The minimum atomic E-state index is -0.679. The first-order chi connectivity index (χ1) is 8.58. The van der Waals surface area contributed by atoms with Crippen LogP contribution in [0.15, 0.2) is 22.7 Å². The van der Waals surface area contributed by atoms with Gasteiger partial charge in [0.05, 0.1) is 25.4 Å². The van der Waals surface area contributed by atoms with Gasteiger partial charge >= 0.3 is 0 Å². The molecule has 0 bridgehead atoms. The number of hydrogen-bond donors (Lipinski definition) is 3. The second-order valence-corrected chi connectivity index (χ2v) is 5.81. The summed E-state index contributed by atoms with van der Waals surface area (Å²) in [7, 11) is 0. The van der Waals surface area contributed by atoms with Crippen LogP contribution in [-0.2, 0) is 0 Å². The van der Waals surface area contributed by atoms with Gasteiger partial charge in [-0.2, -0.15) is 0 Å². The van der Waals surface area contributed by atoms with Crippen LogP contribution in [-0.4, -0.2) is 35.6 Å². The van der Waals surface area contributed by atoms with E-state index < -0.39 is 5.54 Å². The van der Waals surface area contributed by atoms with E-state index in [4.69, 9.17) is 4.74 Å². The molecule has 0 amide bonds. The number of benzene rings is 1. The van der Waals surface area contributed by atoms with Crippen LogP contribution < -0.4 is 10.1 Å².